The van der Waals surface area contributed by atoms with Gasteiger partial charge in [0.15, 0.2) is 11.1 Å². The van der Waals surface area contributed by atoms with Crippen LogP contribution in [0.5, 0.6) is 11.6 Å². The summed E-state index contributed by atoms with van der Waals surface area (Å²) in [5.41, 5.74) is 10.3. The minimum Gasteiger partial charge on any atom is -0.508 e. The van der Waals surface area contributed by atoms with Gasteiger partial charge in [-0.2, -0.15) is 9.97 Å². The maximum Gasteiger partial charge on any atom is 0.336 e. The van der Waals surface area contributed by atoms with Crippen molar-refractivity contribution in [1.29, 1.82) is 0 Å². The standard InChI is InChI=1S/C37H27N9O7/c38-37-42-33-32(40-18-41-33)35(43-37)52-17-20-3-1-19(2-4-20)15-46-16-22(44-45-46)14-39-34(49)21-5-8-25(36(50)51)28(11-21)31-26-9-6-23(47)12-29(26)53-30-13-24(48)7-10-27(30)31/h1-13,16,18,47H,14-15,17H2,(H,39,49)(H,50,51)(H3,38,40,41,42,43). The second kappa shape index (κ2) is 13.3. The molecular weight excluding hydrogens is 682 g/mol. The molecule has 16 heteroatoms. The molecule has 0 atom stereocenters. The third kappa shape index (κ3) is 6.54. The summed E-state index contributed by atoms with van der Waals surface area (Å²) in [5, 5.41) is 31.9. The number of aromatic amines is 1. The second-order valence-corrected chi connectivity index (χ2v) is 12.1. The number of carbonyl (C=O) groups is 2. The number of rotatable bonds is 10. The first-order valence-corrected chi connectivity index (χ1v) is 16.1. The Labute approximate surface area is 297 Å². The van der Waals surface area contributed by atoms with Crippen LogP contribution in [0.1, 0.15) is 37.5 Å². The third-order valence-electron chi connectivity index (χ3n) is 8.49. The number of nitrogen functional groups attached to an aromatic ring is 1. The predicted molar refractivity (Wildman–Crippen MR) is 190 cm³/mol. The molecule has 2 aliphatic rings. The Hall–Kier alpha value is -7.62. The van der Waals surface area contributed by atoms with E-state index in [1.165, 1.54) is 48.8 Å². The molecule has 0 unspecified atom stereocenters. The zero-order chi connectivity index (χ0) is 36.6. The number of carboxylic acid groups (broad SMARTS) is 1. The zero-order valence-electron chi connectivity index (χ0n) is 27.5. The number of aromatic nitrogens is 7. The molecule has 0 saturated carbocycles. The number of imidazole rings is 1. The maximum absolute atomic E-state index is 13.4. The fourth-order valence-corrected chi connectivity index (χ4v) is 6.00. The molecule has 8 rings (SSSR count). The minimum absolute atomic E-state index is 0.0594. The van der Waals surface area contributed by atoms with E-state index in [0.717, 1.165) is 11.1 Å². The Morgan fingerprint density at radius 3 is 2.62 bits per heavy atom. The monoisotopic (exact) mass is 709 g/mol. The summed E-state index contributed by atoms with van der Waals surface area (Å²) in [4.78, 5) is 53.2. The minimum atomic E-state index is -1.21. The molecule has 6 aromatic rings. The Balaban J connectivity index is 0.964. The van der Waals surface area contributed by atoms with Gasteiger partial charge in [0.2, 0.25) is 11.8 Å². The number of carboxylic acids is 1. The van der Waals surface area contributed by atoms with Crippen LogP contribution in [0.15, 0.2) is 101 Å². The number of nitrogens with one attached hydrogen (secondary N) is 2. The number of ether oxygens (including phenoxy) is 1. The molecule has 262 valence electrons. The molecule has 0 radical (unpaired) electrons. The molecule has 6 N–H and O–H groups in total. The highest BCUT2D eigenvalue weighted by molar-refractivity contribution is 6.09. The zero-order valence-corrected chi connectivity index (χ0v) is 27.5. The van der Waals surface area contributed by atoms with Crippen molar-refractivity contribution in [3.8, 4) is 34.1 Å². The van der Waals surface area contributed by atoms with Crippen LogP contribution in [0.2, 0.25) is 0 Å². The summed E-state index contributed by atoms with van der Waals surface area (Å²) in [6.07, 6.45) is 3.21. The number of aromatic carboxylic acids is 1. The number of aromatic hydroxyl groups is 1. The second-order valence-electron chi connectivity index (χ2n) is 12.1. The number of phenolic OH excluding ortho intramolecular Hbond substituents is 1. The van der Waals surface area contributed by atoms with Gasteiger partial charge in [0.05, 0.1) is 31.2 Å². The molecule has 0 fully saturated rings. The van der Waals surface area contributed by atoms with Crippen molar-refractivity contribution < 1.29 is 29.0 Å². The van der Waals surface area contributed by atoms with Gasteiger partial charge < -0.3 is 35.4 Å². The fraction of sp³-hybridized carbons (Fsp3) is 0.0811. The Morgan fingerprint density at radius 2 is 1.79 bits per heavy atom. The van der Waals surface area contributed by atoms with E-state index in [4.69, 9.17) is 14.9 Å². The number of nitrogens with zero attached hydrogens (tertiary/aromatic N) is 6. The van der Waals surface area contributed by atoms with E-state index in [1.54, 1.807) is 23.0 Å². The first kappa shape index (κ1) is 32.6. The van der Waals surface area contributed by atoms with Gasteiger partial charge in [-0.15, -0.1) is 5.10 Å². The molecular formula is C37H27N9O7. The van der Waals surface area contributed by atoms with Crippen LogP contribution in [0, 0.1) is 0 Å². The van der Waals surface area contributed by atoms with E-state index in [1.807, 2.05) is 24.3 Å². The van der Waals surface area contributed by atoms with Gasteiger partial charge in [0.1, 0.15) is 34.9 Å². The molecule has 0 bridgehead atoms. The molecule has 1 amide bonds. The number of hydrogen-bond acceptors (Lipinski definition) is 12. The van der Waals surface area contributed by atoms with Crippen LogP contribution < -0.4 is 21.2 Å². The molecule has 0 spiro atoms. The lowest BCUT2D eigenvalue weighted by atomic mass is 9.89. The molecule has 16 nitrogen and oxygen atoms in total. The highest BCUT2D eigenvalue weighted by atomic mass is 16.5. The van der Waals surface area contributed by atoms with E-state index < -0.39 is 11.9 Å². The Bertz CT molecular complexity index is 2720. The van der Waals surface area contributed by atoms with Gasteiger partial charge in [0, 0.05) is 34.2 Å². The lowest BCUT2D eigenvalue weighted by Crippen LogP contribution is -2.23. The van der Waals surface area contributed by atoms with Crippen molar-refractivity contribution in [3.63, 3.8) is 0 Å². The number of H-pyrrole nitrogens is 1. The average molecular weight is 710 g/mol. The number of fused-ring (bicyclic) bond motifs is 3. The summed E-state index contributed by atoms with van der Waals surface area (Å²) in [5.74, 6) is -1.18. The molecule has 0 saturated heterocycles. The van der Waals surface area contributed by atoms with Crippen LogP contribution in [0.25, 0.3) is 44.6 Å². The van der Waals surface area contributed by atoms with E-state index in [2.05, 4.69) is 35.6 Å². The molecule has 3 aromatic heterocycles. The quantitative estimate of drug-likeness (QED) is 0.124. The van der Waals surface area contributed by atoms with Crippen molar-refractivity contribution in [2.75, 3.05) is 5.73 Å². The van der Waals surface area contributed by atoms with Crippen LogP contribution in [0.4, 0.5) is 5.95 Å². The predicted octanol–water partition coefficient (Wildman–Crippen LogP) is 4.37. The number of hydrogen-bond donors (Lipinski definition) is 5. The number of benzene rings is 4. The molecule has 3 aromatic carbocycles. The number of carbonyl (C=O) groups excluding carboxylic acids is 1. The van der Waals surface area contributed by atoms with Gasteiger partial charge in [-0.1, -0.05) is 29.5 Å². The molecule has 4 heterocycles. The number of amides is 1. The first-order valence-electron chi connectivity index (χ1n) is 16.1. The SMILES string of the molecule is Nc1nc(OCc2ccc(Cn3cc(CNC(=O)c4ccc(C(=O)O)c(-c5c6ccc(=O)cc-6oc6cc(O)ccc56)c4)nn3)cc2)c2[nH]cnc2n1. The third-order valence-corrected chi connectivity index (χ3v) is 8.49. The van der Waals surface area contributed by atoms with Crippen molar-refractivity contribution in [1.82, 2.24) is 40.2 Å². The first-order chi connectivity index (χ1) is 25.7. The van der Waals surface area contributed by atoms with Crippen molar-refractivity contribution in [3.05, 3.63) is 130 Å². The fourth-order valence-electron chi connectivity index (χ4n) is 6.00. The summed E-state index contributed by atoms with van der Waals surface area (Å²) in [6.45, 7) is 0.736. The summed E-state index contributed by atoms with van der Waals surface area (Å²) < 4.78 is 13.4. The maximum atomic E-state index is 13.4. The van der Waals surface area contributed by atoms with E-state index >= 15 is 0 Å². The van der Waals surface area contributed by atoms with E-state index in [9.17, 15) is 24.6 Å². The lowest BCUT2D eigenvalue weighted by Gasteiger charge is -2.17. The normalized spacial score (nSPS) is 11.3. The Morgan fingerprint density at radius 1 is 0.962 bits per heavy atom. The molecule has 1 aliphatic heterocycles. The average Bonchev–Trinajstić information content (AvgIpc) is 3.81. The smallest absolute Gasteiger partial charge is 0.336 e. The van der Waals surface area contributed by atoms with E-state index in [-0.39, 0.29) is 58.3 Å². The van der Waals surface area contributed by atoms with Crippen molar-refractivity contribution in [2.24, 2.45) is 0 Å². The highest BCUT2D eigenvalue weighted by Gasteiger charge is 2.23. The van der Waals surface area contributed by atoms with Gasteiger partial charge in [-0.05, 0) is 59.2 Å². The van der Waals surface area contributed by atoms with Crippen molar-refractivity contribution >= 4 is 40.0 Å². The lowest BCUT2D eigenvalue weighted by molar-refractivity contribution is 0.0697. The highest BCUT2D eigenvalue weighted by Crippen LogP contribution is 2.42. The van der Waals surface area contributed by atoms with Crippen molar-refractivity contribution in [2.45, 2.75) is 19.7 Å². The topological polar surface area (TPSA) is 237 Å². The summed E-state index contributed by atoms with van der Waals surface area (Å²) >= 11 is 0. The van der Waals surface area contributed by atoms with Crippen LogP contribution in [-0.2, 0) is 19.7 Å². The molecule has 1 aliphatic carbocycles. The van der Waals surface area contributed by atoms with Crippen LogP contribution >= 0.6 is 0 Å². The largest absolute Gasteiger partial charge is 0.508 e. The number of anilines is 1. The number of phenols is 1. The van der Waals surface area contributed by atoms with Crippen LogP contribution in [0.3, 0.4) is 0 Å². The van der Waals surface area contributed by atoms with Crippen LogP contribution in [-0.4, -0.2) is 57.0 Å². The van der Waals surface area contributed by atoms with Gasteiger partial charge in [-0.25, -0.2) is 14.5 Å². The Kier molecular flexibility index (Phi) is 8.15. The molecule has 53 heavy (non-hydrogen) atoms. The number of nitrogens with two attached hydrogens (primary N) is 1. The van der Waals surface area contributed by atoms with E-state index in [0.29, 0.717) is 45.8 Å². The van der Waals surface area contributed by atoms with Gasteiger partial charge >= 0.3 is 5.97 Å². The van der Waals surface area contributed by atoms with Gasteiger partial charge in [-0.3, -0.25) is 9.59 Å². The summed E-state index contributed by atoms with van der Waals surface area (Å²) in [6, 6.07) is 20.6. The van der Waals surface area contributed by atoms with Gasteiger partial charge in [0.25, 0.3) is 5.91 Å². The summed E-state index contributed by atoms with van der Waals surface area (Å²) in [7, 11) is 0.